The van der Waals surface area contributed by atoms with E-state index in [9.17, 15) is 14.4 Å². The smallest absolute Gasteiger partial charge is 0.325 e. The van der Waals surface area contributed by atoms with Crippen LogP contribution < -0.4 is 11.2 Å². The lowest BCUT2D eigenvalue weighted by molar-refractivity contribution is 0.0781. The molecule has 0 aliphatic heterocycles. The number of rotatable bonds is 4. The Hall–Kier alpha value is -3.00. The van der Waals surface area contributed by atoms with Gasteiger partial charge in [0.05, 0.1) is 12.2 Å². The summed E-state index contributed by atoms with van der Waals surface area (Å²) in [5.41, 5.74) is 0.274. The number of hydrogen-bond acceptors (Lipinski definition) is 5. The highest BCUT2D eigenvalue weighted by atomic mass is 32.1. The lowest BCUT2D eigenvalue weighted by atomic mass is 10.2. The van der Waals surface area contributed by atoms with E-state index in [-0.39, 0.29) is 12.1 Å². The number of amides is 1. The number of carbonyl (C=O) groups is 1. The van der Waals surface area contributed by atoms with E-state index < -0.39 is 17.2 Å². The summed E-state index contributed by atoms with van der Waals surface area (Å²) in [5.74, 6) is -0.484. The van der Waals surface area contributed by atoms with E-state index in [2.05, 4.69) is 9.97 Å². The Labute approximate surface area is 140 Å². The molecule has 0 atom stereocenters. The van der Waals surface area contributed by atoms with Crippen LogP contribution in [0.2, 0.25) is 0 Å². The van der Waals surface area contributed by atoms with E-state index in [1.165, 1.54) is 16.2 Å². The minimum atomic E-state index is -0.709. The second-order valence-electron chi connectivity index (χ2n) is 5.16. The van der Waals surface area contributed by atoms with Crippen molar-refractivity contribution in [1.29, 1.82) is 0 Å². The first-order valence-electron chi connectivity index (χ1n) is 7.12. The standard InChI is InChI=1S/C16H14N4O3S/c1-20(15(22)12-7-17-16(23)19-13(12)21)8-11-9-24-14(18-11)10-5-3-2-4-6-10/h2-7,9H,8H2,1H3,(H2,17,19,21,23). The molecular weight excluding hydrogens is 328 g/mol. The van der Waals surface area contributed by atoms with Gasteiger partial charge in [0.1, 0.15) is 10.6 Å². The second-order valence-corrected chi connectivity index (χ2v) is 6.01. The molecule has 122 valence electrons. The summed E-state index contributed by atoms with van der Waals surface area (Å²) in [5, 5.41) is 2.75. The van der Waals surface area contributed by atoms with E-state index in [1.807, 2.05) is 40.7 Å². The third kappa shape index (κ3) is 3.33. The summed E-state index contributed by atoms with van der Waals surface area (Å²) in [4.78, 5) is 45.3. The van der Waals surface area contributed by atoms with Gasteiger partial charge in [0.25, 0.3) is 11.5 Å². The van der Waals surface area contributed by atoms with E-state index in [0.717, 1.165) is 22.5 Å². The molecule has 0 aliphatic carbocycles. The van der Waals surface area contributed by atoms with Crippen molar-refractivity contribution in [3.05, 3.63) is 74.0 Å². The third-order valence-corrected chi connectivity index (χ3v) is 4.31. The van der Waals surface area contributed by atoms with Crippen molar-refractivity contribution in [2.45, 2.75) is 6.54 Å². The van der Waals surface area contributed by atoms with Crippen LogP contribution in [-0.4, -0.2) is 32.8 Å². The molecule has 2 aromatic heterocycles. The molecule has 7 nitrogen and oxygen atoms in total. The predicted octanol–water partition coefficient (Wildman–Crippen LogP) is 1.46. The van der Waals surface area contributed by atoms with Crippen LogP contribution in [0.3, 0.4) is 0 Å². The number of aromatic amines is 2. The molecule has 3 aromatic rings. The van der Waals surface area contributed by atoms with E-state index in [0.29, 0.717) is 0 Å². The fourth-order valence-electron chi connectivity index (χ4n) is 2.18. The minimum Gasteiger partial charge on any atom is -0.336 e. The van der Waals surface area contributed by atoms with E-state index in [1.54, 1.807) is 7.05 Å². The average Bonchev–Trinajstić information content (AvgIpc) is 3.03. The molecule has 0 saturated carbocycles. The SMILES string of the molecule is CN(Cc1csc(-c2ccccc2)n1)C(=O)c1c[nH]c(=O)[nH]c1=O. The molecule has 1 amide bonds. The van der Waals surface area contributed by atoms with Crippen LogP contribution in [0.5, 0.6) is 0 Å². The van der Waals surface area contributed by atoms with Gasteiger partial charge in [-0.15, -0.1) is 11.3 Å². The molecule has 0 unspecified atom stereocenters. The molecule has 2 N–H and O–H groups in total. The molecule has 0 spiro atoms. The van der Waals surface area contributed by atoms with Gasteiger partial charge >= 0.3 is 5.69 Å². The zero-order valence-corrected chi connectivity index (χ0v) is 13.6. The predicted molar refractivity (Wildman–Crippen MR) is 91.0 cm³/mol. The number of nitrogens with zero attached hydrogens (tertiary/aromatic N) is 2. The normalized spacial score (nSPS) is 10.5. The molecule has 0 saturated heterocycles. The van der Waals surface area contributed by atoms with Gasteiger partial charge in [0.2, 0.25) is 0 Å². The average molecular weight is 342 g/mol. The molecule has 24 heavy (non-hydrogen) atoms. The Morgan fingerprint density at radius 1 is 1.25 bits per heavy atom. The van der Waals surface area contributed by atoms with Crippen LogP contribution in [0, 0.1) is 0 Å². The van der Waals surface area contributed by atoms with Crippen LogP contribution in [0.25, 0.3) is 10.6 Å². The highest BCUT2D eigenvalue weighted by Gasteiger charge is 2.17. The summed E-state index contributed by atoms with van der Waals surface area (Å²) >= 11 is 1.49. The molecular formula is C16H14N4O3S. The zero-order valence-electron chi connectivity index (χ0n) is 12.8. The molecule has 0 radical (unpaired) electrons. The first-order chi connectivity index (χ1) is 11.5. The maximum atomic E-state index is 12.3. The van der Waals surface area contributed by atoms with Crippen molar-refractivity contribution >= 4 is 17.2 Å². The van der Waals surface area contributed by atoms with Gasteiger partial charge in [0.15, 0.2) is 0 Å². The van der Waals surface area contributed by atoms with Gasteiger partial charge in [-0.1, -0.05) is 30.3 Å². The number of hydrogen-bond donors (Lipinski definition) is 2. The van der Waals surface area contributed by atoms with Crippen molar-refractivity contribution in [3.8, 4) is 10.6 Å². The monoisotopic (exact) mass is 342 g/mol. The van der Waals surface area contributed by atoms with Gasteiger partial charge in [-0.25, -0.2) is 9.78 Å². The maximum Gasteiger partial charge on any atom is 0.325 e. The number of H-pyrrole nitrogens is 2. The zero-order chi connectivity index (χ0) is 17.1. The van der Waals surface area contributed by atoms with Crippen molar-refractivity contribution in [3.63, 3.8) is 0 Å². The maximum absolute atomic E-state index is 12.3. The summed E-state index contributed by atoms with van der Waals surface area (Å²) in [6, 6.07) is 9.75. The summed E-state index contributed by atoms with van der Waals surface area (Å²) in [7, 11) is 1.58. The molecule has 1 aromatic carbocycles. The molecule has 0 fully saturated rings. The lowest BCUT2D eigenvalue weighted by Crippen LogP contribution is -2.34. The summed E-state index contributed by atoms with van der Waals surface area (Å²) in [6.07, 6.45) is 1.12. The Balaban J connectivity index is 1.76. The molecule has 0 bridgehead atoms. The van der Waals surface area contributed by atoms with Crippen LogP contribution in [0.4, 0.5) is 0 Å². The number of carbonyl (C=O) groups excluding carboxylic acids is 1. The van der Waals surface area contributed by atoms with Gasteiger partial charge in [-0.05, 0) is 0 Å². The Bertz CT molecular complexity index is 974. The third-order valence-electron chi connectivity index (χ3n) is 3.37. The first kappa shape index (κ1) is 15.9. The van der Waals surface area contributed by atoms with Crippen molar-refractivity contribution in [1.82, 2.24) is 19.9 Å². The summed E-state index contributed by atoms with van der Waals surface area (Å²) < 4.78 is 0. The van der Waals surface area contributed by atoms with E-state index in [4.69, 9.17) is 0 Å². The number of aromatic nitrogens is 3. The fraction of sp³-hybridized carbons (Fsp3) is 0.125. The quantitative estimate of drug-likeness (QED) is 0.750. The molecule has 3 rings (SSSR count). The Morgan fingerprint density at radius 3 is 2.71 bits per heavy atom. The fourth-order valence-corrected chi connectivity index (χ4v) is 3.00. The first-order valence-corrected chi connectivity index (χ1v) is 8.00. The minimum absolute atomic E-state index is 0.115. The largest absolute Gasteiger partial charge is 0.336 e. The van der Waals surface area contributed by atoms with Gasteiger partial charge < -0.3 is 9.88 Å². The topological polar surface area (TPSA) is 98.9 Å². The molecule has 0 aliphatic rings. The Morgan fingerprint density at radius 2 is 2.00 bits per heavy atom. The number of nitrogens with one attached hydrogen (secondary N) is 2. The van der Waals surface area contributed by atoms with Crippen LogP contribution in [0.1, 0.15) is 16.1 Å². The van der Waals surface area contributed by atoms with Crippen molar-refractivity contribution in [2.24, 2.45) is 0 Å². The van der Waals surface area contributed by atoms with Crippen LogP contribution in [0.15, 0.2) is 51.5 Å². The van der Waals surface area contributed by atoms with Gasteiger partial charge in [-0.2, -0.15) is 0 Å². The molecule has 2 heterocycles. The van der Waals surface area contributed by atoms with Gasteiger partial charge in [-0.3, -0.25) is 14.6 Å². The summed E-state index contributed by atoms with van der Waals surface area (Å²) in [6.45, 7) is 0.265. The Kier molecular flexibility index (Phi) is 4.39. The van der Waals surface area contributed by atoms with Crippen molar-refractivity contribution in [2.75, 3.05) is 7.05 Å². The van der Waals surface area contributed by atoms with Crippen LogP contribution >= 0.6 is 11.3 Å². The van der Waals surface area contributed by atoms with Crippen LogP contribution in [-0.2, 0) is 6.54 Å². The number of benzene rings is 1. The highest BCUT2D eigenvalue weighted by molar-refractivity contribution is 7.13. The second kappa shape index (κ2) is 6.63. The van der Waals surface area contributed by atoms with E-state index >= 15 is 0 Å². The lowest BCUT2D eigenvalue weighted by Gasteiger charge is -2.15. The van der Waals surface area contributed by atoms with Crippen molar-refractivity contribution < 1.29 is 4.79 Å². The number of thiazole rings is 1. The molecule has 8 heteroatoms. The van der Waals surface area contributed by atoms with Gasteiger partial charge in [0, 0.05) is 24.2 Å². The highest BCUT2D eigenvalue weighted by Crippen LogP contribution is 2.23.